The van der Waals surface area contributed by atoms with Crippen LogP contribution in [-0.4, -0.2) is 41.3 Å². The van der Waals surface area contributed by atoms with Gasteiger partial charge in [-0.2, -0.15) is 0 Å². The number of piperidine rings is 1. The second kappa shape index (κ2) is 8.02. The van der Waals surface area contributed by atoms with Gasteiger partial charge in [-0.1, -0.05) is 44.2 Å². The average molecular weight is 332 g/mol. The third-order valence-electron chi connectivity index (χ3n) is 5.17. The summed E-state index contributed by atoms with van der Waals surface area (Å²) in [5.41, 5.74) is 1.30. The van der Waals surface area contributed by atoms with E-state index < -0.39 is 0 Å². The molecule has 0 bridgehead atoms. The zero-order valence-electron chi connectivity index (χ0n) is 15.5. The van der Waals surface area contributed by atoms with Crippen LogP contribution in [0.15, 0.2) is 30.3 Å². The molecule has 1 aliphatic heterocycles. The Balaban J connectivity index is 1.89. The predicted octanol–water partition coefficient (Wildman–Crippen LogP) is 3.55. The Labute approximate surface area is 146 Å². The van der Waals surface area contributed by atoms with Gasteiger partial charge in [-0.3, -0.25) is 0 Å². The SMILES string of the molecule is CC(CC(C)(C)c1ccccc1)NC(=O)N1CCCC(C(C)O)C1. The Morgan fingerprint density at radius 2 is 2.00 bits per heavy atom. The summed E-state index contributed by atoms with van der Waals surface area (Å²) in [5.74, 6) is 0.195. The second-order valence-corrected chi connectivity index (χ2v) is 7.89. The van der Waals surface area contributed by atoms with Gasteiger partial charge in [0.1, 0.15) is 0 Å². The molecule has 4 nitrogen and oxygen atoms in total. The van der Waals surface area contributed by atoms with Crippen molar-refractivity contribution in [2.75, 3.05) is 13.1 Å². The van der Waals surface area contributed by atoms with Crippen molar-refractivity contribution in [3.05, 3.63) is 35.9 Å². The molecule has 0 aromatic heterocycles. The summed E-state index contributed by atoms with van der Waals surface area (Å²) in [5, 5.41) is 12.9. The fraction of sp³-hybridized carbons (Fsp3) is 0.650. The second-order valence-electron chi connectivity index (χ2n) is 7.89. The Hall–Kier alpha value is -1.55. The van der Waals surface area contributed by atoms with Gasteiger partial charge in [0.05, 0.1) is 6.10 Å². The number of aliphatic hydroxyl groups is 1. The molecule has 4 heteroatoms. The summed E-state index contributed by atoms with van der Waals surface area (Å²) in [6.45, 7) is 9.75. The first kappa shape index (κ1) is 18.8. The van der Waals surface area contributed by atoms with Crippen molar-refractivity contribution in [3.63, 3.8) is 0 Å². The summed E-state index contributed by atoms with van der Waals surface area (Å²) < 4.78 is 0. The van der Waals surface area contributed by atoms with Crippen LogP contribution in [0.25, 0.3) is 0 Å². The molecule has 0 spiro atoms. The van der Waals surface area contributed by atoms with Gasteiger partial charge in [-0.25, -0.2) is 4.79 Å². The van der Waals surface area contributed by atoms with Crippen molar-refractivity contribution in [2.45, 2.75) is 64.5 Å². The highest BCUT2D eigenvalue weighted by Crippen LogP contribution is 2.28. The zero-order chi connectivity index (χ0) is 17.7. The van der Waals surface area contributed by atoms with Crippen LogP contribution in [0.3, 0.4) is 0 Å². The number of nitrogens with zero attached hydrogens (tertiary/aromatic N) is 1. The molecule has 1 aromatic carbocycles. The minimum Gasteiger partial charge on any atom is -0.393 e. The molecule has 1 fully saturated rings. The molecule has 2 amide bonds. The van der Waals surface area contributed by atoms with E-state index in [0.29, 0.717) is 6.54 Å². The van der Waals surface area contributed by atoms with Crippen LogP contribution in [0, 0.1) is 5.92 Å². The lowest BCUT2D eigenvalue weighted by atomic mass is 9.79. The van der Waals surface area contributed by atoms with Gasteiger partial charge in [0.15, 0.2) is 0 Å². The molecule has 1 saturated heterocycles. The maximum Gasteiger partial charge on any atom is 0.317 e. The van der Waals surface area contributed by atoms with E-state index in [0.717, 1.165) is 25.8 Å². The first-order valence-corrected chi connectivity index (χ1v) is 9.08. The number of carbonyl (C=O) groups excluding carboxylic acids is 1. The number of nitrogens with one attached hydrogen (secondary N) is 1. The van der Waals surface area contributed by atoms with Crippen molar-refractivity contribution in [2.24, 2.45) is 5.92 Å². The Morgan fingerprint density at radius 1 is 1.33 bits per heavy atom. The molecule has 1 heterocycles. The summed E-state index contributed by atoms with van der Waals surface area (Å²) in [4.78, 5) is 14.4. The lowest BCUT2D eigenvalue weighted by molar-refractivity contribution is 0.0732. The van der Waals surface area contributed by atoms with E-state index in [1.807, 2.05) is 17.9 Å². The molecular formula is C20H32N2O2. The topological polar surface area (TPSA) is 52.6 Å². The third kappa shape index (κ3) is 4.97. The van der Waals surface area contributed by atoms with Gasteiger partial charge in [0.25, 0.3) is 0 Å². The number of hydrogen-bond donors (Lipinski definition) is 2. The van der Waals surface area contributed by atoms with Crippen molar-refractivity contribution < 1.29 is 9.90 Å². The zero-order valence-corrected chi connectivity index (χ0v) is 15.5. The molecule has 0 aliphatic carbocycles. The number of urea groups is 1. The van der Waals surface area contributed by atoms with E-state index >= 15 is 0 Å². The van der Waals surface area contributed by atoms with Crippen LogP contribution in [0.1, 0.15) is 52.5 Å². The number of benzene rings is 1. The van der Waals surface area contributed by atoms with Crippen LogP contribution in [0.4, 0.5) is 4.79 Å². The van der Waals surface area contributed by atoms with E-state index in [-0.39, 0.29) is 29.5 Å². The first-order chi connectivity index (χ1) is 11.3. The fourth-order valence-corrected chi connectivity index (χ4v) is 3.71. The van der Waals surface area contributed by atoms with Crippen LogP contribution in [0.2, 0.25) is 0 Å². The van der Waals surface area contributed by atoms with Crippen molar-refractivity contribution in [1.82, 2.24) is 10.2 Å². The molecule has 1 aromatic rings. The molecule has 1 aliphatic rings. The maximum absolute atomic E-state index is 12.5. The lowest BCUT2D eigenvalue weighted by Gasteiger charge is -2.36. The van der Waals surface area contributed by atoms with Gasteiger partial charge >= 0.3 is 6.03 Å². The van der Waals surface area contributed by atoms with Crippen LogP contribution in [-0.2, 0) is 5.41 Å². The number of aliphatic hydroxyl groups excluding tert-OH is 1. The molecular weight excluding hydrogens is 300 g/mol. The van der Waals surface area contributed by atoms with Crippen LogP contribution in [0.5, 0.6) is 0 Å². The molecule has 3 atom stereocenters. The summed E-state index contributed by atoms with van der Waals surface area (Å²) in [6.07, 6.45) is 2.50. The molecule has 0 saturated carbocycles. The highest BCUT2D eigenvalue weighted by atomic mass is 16.3. The van der Waals surface area contributed by atoms with E-state index in [9.17, 15) is 9.90 Å². The monoisotopic (exact) mass is 332 g/mol. The van der Waals surface area contributed by atoms with Crippen molar-refractivity contribution in [1.29, 1.82) is 0 Å². The van der Waals surface area contributed by atoms with E-state index in [2.05, 4.69) is 50.4 Å². The fourth-order valence-electron chi connectivity index (χ4n) is 3.71. The van der Waals surface area contributed by atoms with Gasteiger partial charge in [0, 0.05) is 25.0 Å². The number of carbonyl (C=O) groups is 1. The van der Waals surface area contributed by atoms with Gasteiger partial charge in [-0.05, 0) is 44.1 Å². The van der Waals surface area contributed by atoms with E-state index in [1.165, 1.54) is 5.56 Å². The maximum atomic E-state index is 12.5. The van der Waals surface area contributed by atoms with Gasteiger partial charge in [0.2, 0.25) is 0 Å². The summed E-state index contributed by atoms with van der Waals surface area (Å²) >= 11 is 0. The highest BCUT2D eigenvalue weighted by molar-refractivity contribution is 5.74. The van der Waals surface area contributed by atoms with E-state index in [4.69, 9.17) is 0 Å². The van der Waals surface area contributed by atoms with E-state index in [1.54, 1.807) is 0 Å². The Bertz CT molecular complexity index is 528. The highest BCUT2D eigenvalue weighted by Gasteiger charge is 2.28. The number of likely N-dealkylation sites (tertiary alicyclic amines) is 1. The average Bonchev–Trinajstić information content (AvgIpc) is 2.55. The Kier molecular flexibility index (Phi) is 6.27. The standard InChI is InChI=1S/C20H32N2O2/c1-15(13-20(3,4)18-10-6-5-7-11-18)21-19(24)22-12-8-9-17(14-22)16(2)23/h5-7,10-11,15-17,23H,8-9,12-14H2,1-4H3,(H,21,24). The first-order valence-electron chi connectivity index (χ1n) is 9.08. The Morgan fingerprint density at radius 3 is 2.62 bits per heavy atom. The number of hydrogen-bond acceptors (Lipinski definition) is 2. The quantitative estimate of drug-likeness (QED) is 0.866. The summed E-state index contributed by atoms with van der Waals surface area (Å²) in [6, 6.07) is 10.5. The van der Waals surface area contributed by atoms with Crippen LogP contribution < -0.4 is 5.32 Å². The normalized spacial score (nSPS) is 21.2. The van der Waals surface area contributed by atoms with Gasteiger partial charge in [-0.15, -0.1) is 0 Å². The van der Waals surface area contributed by atoms with Crippen LogP contribution >= 0.6 is 0 Å². The molecule has 3 unspecified atom stereocenters. The number of rotatable bonds is 5. The number of amides is 2. The predicted molar refractivity (Wildman–Crippen MR) is 98.1 cm³/mol. The molecule has 24 heavy (non-hydrogen) atoms. The minimum absolute atomic E-state index is 0.00304. The summed E-state index contributed by atoms with van der Waals surface area (Å²) in [7, 11) is 0. The smallest absolute Gasteiger partial charge is 0.317 e. The lowest BCUT2D eigenvalue weighted by Crippen LogP contribution is -2.50. The molecule has 2 rings (SSSR count). The molecule has 134 valence electrons. The van der Waals surface area contributed by atoms with Crippen molar-refractivity contribution in [3.8, 4) is 0 Å². The van der Waals surface area contributed by atoms with Gasteiger partial charge < -0.3 is 15.3 Å². The largest absolute Gasteiger partial charge is 0.393 e. The molecule has 2 N–H and O–H groups in total. The third-order valence-corrected chi connectivity index (χ3v) is 5.17. The van der Waals surface area contributed by atoms with Crippen molar-refractivity contribution >= 4 is 6.03 Å². The minimum atomic E-state index is -0.352. The molecule has 0 radical (unpaired) electrons.